The maximum Gasteiger partial charge on any atom is 0.330 e. The smallest absolute Gasteiger partial charge is 0.330 e. The first-order valence-corrected chi connectivity index (χ1v) is 11.6. The van der Waals surface area contributed by atoms with E-state index in [0.717, 1.165) is 37.0 Å². The van der Waals surface area contributed by atoms with Gasteiger partial charge in [0.2, 0.25) is 0 Å². The number of carbonyl (C=O) groups is 1. The third-order valence-corrected chi connectivity index (χ3v) is 6.84. The molecule has 0 aromatic heterocycles. The van der Waals surface area contributed by atoms with Crippen LogP contribution in [0.1, 0.15) is 104 Å². The zero-order chi connectivity index (χ0) is 18.6. The molecule has 0 radical (unpaired) electrons. The molecule has 0 aromatic carbocycles. The van der Waals surface area contributed by atoms with E-state index in [9.17, 15) is 4.79 Å². The normalized spacial score (nSPS) is 29.8. The first kappa shape index (κ1) is 21.5. The lowest BCUT2D eigenvalue weighted by molar-refractivity contribution is -0.137. The number of unbranched alkanes of at least 4 members (excludes halogenated alkanes) is 3. The summed E-state index contributed by atoms with van der Waals surface area (Å²) in [5.74, 6) is 3.41. The van der Waals surface area contributed by atoms with Gasteiger partial charge in [-0.1, -0.05) is 64.9 Å². The molecule has 2 rings (SSSR count). The van der Waals surface area contributed by atoms with Gasteiger partial charge in [0, 0.05) is 6.08 Å². The van der Waals surface area contributed by atoms with Crippen LogP contribution >= 0.6 is 0 Å². The fraction of sp³-hybridized carbons (Fsp3) is 0.875. The fourth-order valence-corrected chi connectivity index (χ4v) is 5.04. The molecule has 0 heterocycles. The lowest BCUT2D eigenvalue weighted by atomic mass is 9.68. The van der Waals surface area contributed by atoms with E-state index in [4.69, 9.17) is 4.74 Å². The highest BCUT2D eigenvalue weighted by Gasteiger charge is 2.30. The molecule has 0 saturated heterocycles. The minimum absolute atomic E-state index is 0.145. The van der Waals surface area contributed by atoms with Crippen LogP contribution in [-0.2, 0) is 9.53 Å². The third kappa shape index (κ3) is 7.84. The number of ether oxygens (including phenoxy) is 1. The van der Waals surface area contributed by atoms with Gasteiger partial charge in [0.1, 0.15) is 0 Å². The molecule has 2 heteroatoms. The molecule has 0 aromatic rings. The highest BCUT2D eigenvalue weighted by molar-refractivity contribution is 5.81. The molecule has 0 spiro atoms. The predicted octanol–water partition coefficient (Wildman–Crippen LogP) is 7.08. The standard InChI is InChI=1S/C24H42O2/c1-3-5-7-19-26-24(25)18-13-21-11-16-23(17-12-21)22-14-9-20(10-15-22)8-6-4-2/h13,18,20-23H,3-12,14-17,19H2,1-2H3/b18-13+. The Morgan fingerprint density at radius 1 is 0.846 bits per heavy atom. The van der Waals surface area contributed by atoms with Gasteiger partial charge in [-0.05, 0) is 68.6 Å². The van der Waals surface area contributed by atoms with Crippen molar-refractivity contribution in [2.75, 3.05) is 6.61 Å². The van der Waals surface area contributed by atoms with Crippen molar-refractivity contribution < 1.29 is 9.53 Å². The molecule has 0 atom stereocenters. The van der Waals surface area contributed by atoms with Crippen LogP contribution in [0.5, 0.6) is 0 Å². The lowest BCUT2D eigenvalue weighted by Gasteiger charge is -2.37. The second-order valence-corrected chi connectivity index (χ2v) is 8.83. The molecule has 150 valence electrons. The van der Waals surface area contributed by atoms with Crippen molar-refractivity contribution in [3.05, 3.63) is 12.2 Å². The van der Waals surface area contributed by atoms with E-state index in [2.05, 4.69) is 19.9 Å². The molecular formula is C24H42O2. The molecule has 2 fully saturated rings. The topological polar surface area (TPSA) is 26.3 Å². The Morgan fingerprint density at radius 2 is 1.46 bits per heavy atom. The highest BCUT2D eigenvalue weighted by atomic mass is 16.5. The maximum atomic E-state index is 11.8. The minimum Gasteiger partial charge on any atom is -0.463 e. The SMILES string of the molecule is CCCCCOC(=O)/C=C/C1CCC(C2CCC(CCCC)CC2)CC1. The third-order valence-electron chi connectivity index (χ3n) is 6.84. The van der Waals surface area contributed by atoms with Crippen LogP contribution in [-0.4, -0.2) is 12.6 Å². The zero-order valence-corrected chi connectivity index (χ0v) is 17.4. The second-order valence-electron chi connectivity index (χ2n) is 8.83. The molecule has 0 aliphatic heterocycles. The maximum absolute atomic E-state index is 11.8. The predicted molar refractivity (Wildman–Crippen MR) is 110 cm³/mol. The highest BCUT2D eigenvalue weighted by Crippen LogP contribution is 2.42. The van der Waals surface area contributed by atoms with Crippen LogP contribution in [0.3, 0.4) is 0 Å². The van der Waals surface area contributed by atoms with Crippen molar-refractivity contribution in [3.8, 4) is 0 Å². The first-order chi connectivity index (χ1) is 12.7. The van der Waals surface area contributed by atoms with Crippen molar-refractivity contribution in [3.63, 3.8) is 0 Å². The molecule has 2 aliphatic carbocycles. The van der Waals surface area contributed by atoms with Gasteiger partial charge in [-0.15, -0.1) is 0 Å². The van der Waals surface area contributed by atoms with Crippen LogP contribution in [0.4, 0.5) is 0 Å². The van der Waals surface area contributed by atoms with Crippen molar-refractivity contribution in [2.24, 2.45) is 23.7 Å². The van der Waals surface area contributed by atoms with Crippen molar-refractivity contribution in [1.29, 1.82) is 0 Å². The van der Waals surface area contributed by atoms with Gasteiger partial charge < -0.3 is 4.74 Å². The van der Waals surface area contributed by atoms with Crippen LogP contribution in [0.25, 0.3) is 0 Å². The van der Waals surface area contributed by atoms with Gasteiger partial charge >= 0.3 is 5.97 Å². The molecule has 2 nitrogen and oxygen atoms in total. The Kier molecular flexibility index (Phi) is 10.4. The molecule has 0 bridgehead atoms. The summed E-state index contributed by atoms with van der Waals surface area (Å²) in [6, 6.07) is 0. The van der Waals surface area contributed by atoms with Crippen LogP contribution in [0, 0.1) is 23.7 Å². The second kappa shape index (κ2) is 12.6. The molecular weight excluding hydrogens is 320 g/mol. The Hall–Kier alpha value is -0.790. The van der Waals surface area contributed by atoms with Crippen molar-refractivity contribution in [1.82, 2.24) is 0 Å². The summed E-state index contributed by atoms with van der Waals surface area (Å²) in [4.78, 5) is 11.8. The average molecular weight is 363 g/mol. The number of carbonyl (C=O) groups excluding carboxylic acids is 1. The van der Waals surface area contributed by atoms with Gasteiger partial charge in [-0.25, -0.2) is 4.79 Å². The summed E-state index contributed by atoms with van der Waals surface area (Å²) >= 11 is 0. The first-order valence-electron chi connectivity index (χ1n) is 11.6. The Morgan fingerprint density at radius 3 is 2.08 bits per heavy atom. The molecule has 2 saturated carbocycles. The molecule has 26 heavy (non-hydrogen) atoms. The van der Waals surface area contributed by atoms with Crippen LogP contribution < -0.4 is 0 Å². The van der Waals surface area contributed by atoms with Gasteiger partial charge in [-0.2, -0.15) is 0 Å². The number of hydrogen-bond donors (Lipinski definition) is 0. The van der Waals surface area contributed by atoms with E-state index in [1.165, 1.54) is 70.6 Å². The summed E-state index contributed by atoms with van der Waals surface area (Å²) < 4.78 is 5.26. The molecule has 0 N–H and O–H groups in total. The Bertz CT molecular complexity index is 398. The molecule has 0 amide bonds. The van der Waals surface area contributed by atoms with Crippen molar-refractivity contribution in [2.45, 2.75) is 104 Å². The van der Waals surface area contributed by atoms with E-state index in [0.29, 0.717) is 12.5 Å². The quantitative estimate of drug-likeness (QED) is 0.236. The van der Waals surface area contributed by atoms with Crippen molar-refractivity contribution >= 4 is 5.97 Å². The van der Waals surface area contributed by atoms with E-state index in [1.54, 1.807) is 6.08 Å². The average Bonchev–Trinajstić information content (AvgIpc) is 2.69. The molecule has 2 aliphatic rings. The Balaban J connectivity index is 1.60. The van der Waals surface area contributed by atoms with E-state index in [1.807, 2.05) is 0 Å². The fourth-order valence-electron chi connectivity index (χ4n) is 5.04. The van der Waals surface area contributed by atoms with E-state index < -0.39 is 0 Å². The summed E-state index contributed by atoms with van der Waals surface area (Å²) in [5, 5.41) is 0. The van der Waals surface area contributed by atoms with E-state index in [-0.39, 0.29) is 5.97 Å². The summed E-state index contributed by atoms with van der Waals surface area (Å²) in [5.41, 5.74) is 0. The van der Waals surface area contributed by atoms with Gasteiger partial charge in [0.25, 0.3) is 0 Å². The zero-order valence-electron chi connectivity index (χ0n) is 17.4. The monoisotopic (exact) mass is 362 g/mol. The summed E-state index contributed by atoms with van der Waals surface area (Å²) in [7, 11) is 0. The largest absolute Gasteiger partial charge is 0.463 e. The number of allylic oxidation sites excluding steroid dienone is 1. The van der Waals surface area contributed by atoms with E-state index >= 15 is 0 Å². The number of hydrogen-bond acceptors (Lipinski definition) is 2. The lowest BCUT2D eigenvalue weighted by Crippen LogP contribution is -2.25. The summed E-state index contributed by atoms with van der Waals surface area (Å²) in [6.45, 7) is 5.05. The van der Waals surface area contributed by atoms with Gasteiger partial charge in [0.15, 0.2) is 0 Å². The van der Waals surface area contributed by atoms with Gasteiger partial charge in [-0.3, -0.25) is 0 Å². The summed E-state index contributed by atoms with van der Waals surface area (Å²) in [6.07, 6.45) is 22.5. The molecule has 0 unspecified atom stereocenters. The number of esters is 1. The van der Waals surface area contributed by atoms with Gasteiger partial charge in [0.05, 0.1) is 6.61 Å². The van der Waals surface area contributed by atoms with Crippen LogP contribution in [0.15, 0.2) is 12.2 Å². The Labute approximate surface area is 162 Å². The van der Waals surface area contributed by atoms with Crippen LogP contribution in [0.2, 0.25) is 0 Å². The minimum atomic E-state index is -0.145. The number of rotatable bonds is 10.